The van der Waals surface area contributed by atoms with Gasteiger partial charge in [0.25, 0.3) is 0 Å². The summed E-state index contributed by atoms with van der Waals surface area (Å²) in [7, 11) is 3.49. The molecule has 1 aliphatic rings. The SMILES string of the molecule is COCCNCc1ccc(N2CCCC(OC)C2)cc1Cl. The van der Waals surface area contributed by atoms with Gasteiger partial charge in [-0.25, -0.2) is 0 Å². The Bertz CT molecular complexity index is 442. The Morgan fingerprint density at radius 3 is 2.95 bits per heavy atom. The Morgan fingerprint density at radius 2 is 2.24 bits per heavy atom. The normalized spacial score (nSPS) is 19.0. The van der Waals surface area contributed by atoms with Crippen LogP contribution in [0.2, 0.25) is 5.02 Å². The average Bonchev–Trinajstić information content (AvgIpc) is 2.53. The summed E-state index contributed by atoms with van der Waals surface area (Å²) >= 11 is 6.40. The van der Waals surface area contributed by atoms with Gasteiger partial charge in [-0.2, -0.15) is 0 Å². The molecule has 2 rings (SSSR count). The Morgan fingerprint density at radius 1 is 1.38 bits per heavy atom. The van der Waals surface area contributed by atoms with Gasteiger partial charge >= 0.3 is 0 Å². The second-order valence-electron chi connectivity index (χ2n) is 5.39. The van der Waals surface area contributed by atoms with Gasteiger partial charge in [-0.05, 0) is 30.5 Å². The van der Waals surface area contributed by atoms with E-state index in [0.717, 1.165) is 49.6 Å². The number of hydrogen-bond acceptors (Lipinski definition) is 4. The van der Waals surface area contributed by atoms with Gasteiger partial charge in [0.05, 0.1) is 12.7 Å². The van der Waals surface area contributed by atoms with Gasteiger partial charge in [-0.15, -0.1) is 0 Å². The predicted molar refractivity (Wildman–Crippen MR) is 87.3 cm³/mol. The monoisotopic (exact) mass is 312 g/mol. The smallest absolute Gasteiger partial charge is 0.0746 e. The molecule has 21 heavy (non-hydrogen) atoms. The molecule has 0 amide bonds. The van der Waals surface area contributed by atoms with Crippen LogP contribution in [-0.4, -0.2) is 46.6 Å². The highest BCUT2D eigenvalue weighted by molar-refractivity contribution is 6.31. The molecule has 1 unspecified atom stereocenters. The zero-order valence-electron chi connectivity index (χ0n) is 12.9. The molecule has 5 heteroatoms. The molecule has 0 saturated carbocycles. The van der Waals surface area contributed by atoms with Crippen LogP contribution in [0.25, 0.3) is 0 Å². The molecule has 1 N–H and O–H groups in total. The molecule has 0 radical (unpaired) electrons. The number of hydrogen-bond donors (Lipinski definition) is 1. The van der Waals surface area contributed by atoms with Crippen molar-refractivity contribution in [2.75, 3.05) is 45.4 Å². The van der Waals surface area contributed by atoms with E-state index in [-0.39, 0.29) is 0 Å². The third-order valence-corrected chi connectivity index (χ3v) is 4.26. The highest BCUT2D eigenvalue weighted by Crippen LogP contribution is 2.26. The van der Waals surface area contributed by atoms with Crippen molar-refractivity contribution in [2.24, 2.45) is 0 Å². The zero-order valence-corrected chi connectivity index (χ0v) is 13.7. The van der Waals surface area contributed by atoms with E-state index in [1.165, 1.54) is 5.69 Å². The lowest BCUT2D eigenvalue weighted by molar-refractivity contribution is 0.0893. The van der Waals surface area contributed by atoms with Crippen LogP contribution in [0, 0.1) is 0 Å². The van der Waals surface area contributed by atoms with Crippen molar-refractivity contribution in [3.63, 3.8) is 0 Å². The topological polar surface area (TPSA) is 33.7 Å². The lowest BCUT2D eigenvalue weighted by atomic mass is 10.1. The average molecular weight is 313 g/mol. The maximum absolute atomic E-state index is 6.40. The van der Waals surface area contributed by atoms with Crippen molar-refractivity contribution in [1.82, 2.24) is 5.32 Å². The van der Waals surface area contributed by atoms with E-state index in [4.69, 9.17) is 21.1 Å². The number of anilines is 1. The van der Waals surface area contributed by atoms with Crippen LogP contribution in [0.1, 0.15) is 18.4 Å². The number of rotatable bonds is 7. The summed E-state index contributed by atoms with van der Waals surface area (Å²) in [5.74, 6) is 0. The van der Waals surface area contributed by atoms with E-state index in [2.05, 4.69) is 28.4 Å². The third-order valence-electron chi connectivity index (χ3n) is 3.91. The molecule has 0 aromatic heterocycles. The predicted octanol–water partition coefficient (Wildman–Crippen LogP) is 2.69. The second-order valence-corrected chi connectivity index (χ2v) is 5.80. The fourth-order valence-electron chi connectivity index (χ4n) is 2.64. The second kappa shape index (κ2) is 8.59. The van der Waals surface area contributed by atoms with Crippen LogP contribution in [0.15, 0.2) is 18.2 Å². The van der Waals surface area contributed by atoms with E-state index in [9.17, 15) is 0 Å². The minimum absolute atomic E-state index is 0.327. The Labute approximate surface area is 132 Å². The van der Waals surface area contributed by atoms with Gasteiger partial charge in [-0.3, -0.25) is 0 Å². The molecule has 1 heterocycles. The van der Waals surface area contributed by atoms with E-state index >= 15 is 0 Å². The van der Waals surface area contributed by atoms with Crippen LogP contribution in [0.5, 0.6) is 0 Å². The molecule has 0 spiro atoms. The Hall–Kier alpha value is -0.810. The Kier molecular flexibility index (Phi) is 6.77. The number of ether oxygens (including phenoxy) is 2. The largest absolute Gasteiger partial charge is 0.383 e. The van der Waals surface area contributed by atoms with Gasteiger partial charge in [-0.1, -0.05) is 17.7 Å². The minimum atomic E-state index is 0.327. The summed E-state index contributed by atoms with van der Waals surface area (Å²) in [6.07, 6.45) is 2.63. The summed E-state index contributed by atoms with van der Waals surface area (Å²) in [4.78, 5) is 2.35. The first-order chi connectivity index (χ1) is 10.2. The van der Waals surface area contributed by atoms with Gasteiger partial charge in [0, 0.05) is 51.1 Å². The summed E-state index contributed by atoms with van der Waals surface area (Å²) < 4.78 is 10.5. The lowest BCUT2D eigenvalue weighted by Gasteiger charge is -2.33. The number of benzene rings is 1. The zero-order chi connectivity index (χ0) is 15.1. The molecule has 1 saturated heterocycles. The third kappa shape index (κ3) is 4.85. The number of nitrogens with zero attached hydrogens (tertiary/aromatic N) is 1. The fraction of sp³-hybridized carbons (Fsp3) is 0.625. The van der Waals surface area contributed by atoms with Gasteiger partial charge in [0.2, 0.25) is 0 Å². The summed E-state index contributed by atoms with van der Waals surface area (Å²) in [6.45, 7) is 4.32. The van der Waals surface area contributed by atoms with Crippen molar-refractivity contribution in [2.45, 2.75) is 25.5 Å². The van der Waals surface area contributed by atoms with E-state index in [1.807, 2.05) is 0 Å². The molecular formula is C16H25ClN2O2. The number of halogens is 1. The van der Waals surface area contributed by atoms with Crippen molar-refractivity contribution in [3.8, 4) is 0 Å². The highest BCUT2D eigenvalue weighted by atomic mass is 35.5. The summed E-state index contributed by atoms with van der Waals surface area (Å²) in [5, 5.41) is 4.13. The maximum Gasteiger partial charge on any atom is 0.0746 e. The lowest BCUT2D eigenvalue weighted by Crippen LogP contribution is -2.39. The van der Waals surface area contributed by atoms with E-state index in [0.29, 0.717) is 12.7 Å². The van der Waals surface area contributed by atoms with Gasteiger partial charge < -0.3 is 19.7 Å². The molecule has 1 atom stereocenters. The number of piperidine rings is 1. The van der Waals surface area contributed by atoms with Gasteiger partial charge in [0.15, 0.2) is 0 Å². The molecule has 0 bridgehead atoms. The van der Waals surface area contributed by atoms with Crippen molar-refractivity contribution in [1.29, 1.82) is 0 Å². The van der Waals surface area contributed by atoms with Crippen LogP contribution in [0.4, 0.5) is 5.69 Å². The molecular weight excluding hydrogens is 288 g/mol. The number of methoxy groups -OCH3 is 2. The van der Waals surface area contributed by atoms with Crippen LogP contribution in [0.3, 0.4) is 0 Å². The summed E-state index contributed by atoms with van der Waals surface area (Å²) in [5.41, 5.74) is 2.30. The first-order valence-electron chi connectivity index (χ1n) is 7.50. The first-order valence-corrected chi connectivity index (χ1v) is 7.88. The van der Waals surface area contributed by atoms with E-state index < -0.39 is 0 Å². The molecule has 118 valence electrons. The van der Waals surface area contributed by atoms with Crippen molar-refractivity contribution in [3.05, 3.63) is 28.8 Å². The fourth-order valence-corrected chi connectivity index (χ4v) is 2.88. The van der Waals surface area contributed by atoms with E-state index in [1.54, 1.807) is 14.2 Å². The molecule has 4 nitrogen and oxygen atoms in total. The minimum Gasteiger partial charge on any atom is -0.383 e. The van der Waals surface area contributed by atoms with Crippen LogP contribution >= 0.6 is 11.6 Å². The molecule has 1 aliphatic heterocycles. The van der Waals surface area contributed by atoms with Crippen LogP contribution in [-0.2, 0) is 16.0 Å². The van der Waals surface area contributed by atoms with Gasteiger partial charge in [0.1, 0.15) is 0 Å². The van der Waals surface area contributed by atoms with Crippen molar-refractivity contribution >= 4 is 17.3 Å². The molecule has 0 aliphatic carbocycles. The molecule has 1 aromatic rings. The first kappa shape index (κ1) is 16.6. The molecule has 1 aromatic carbocycles. The quantitative estimate of drug-likeness (QED) is 0.785. The standard InChI is InChI=1S/C16H25ClN2O2/c1-20-9-7-18-11-13-5-6-14(10-16(13)17)19-8-3-4-15(12-19)21-2/h5-6,10,15,18H,3-4,7-9,11-12H2,1-2H3. The number of nitrogens with one attached hydrogen (secondary N) is 1. The molecule has 1 fully saturated rings. The van der Waals surface area contributed by atoms with Crippen LogP contribution < -0.4 is 10.2 Å². The Balaban J connectivity index is 1.94. The highest BCUT2D eigenvalue weighted by Gasteiger charge is 2.20. The maximum atomic E-state index is 6.40. The van der Waals surface area contributed by atoms with Crippen molar-refractivity contribution < 1.29 is 9.47 Å². The summed E-state index contributed by atoms with van der Waals surface area (Å²) in [6, 6.07) is 6.32.